The number of imide groups is 1. The summed E-state index contributed by atoms with van der Waals surface area (Å²) in [6, 6.07) is 0. The number of hydrogen-bond acceptors (Lipinski definition) is 2. The van der Waals surface area contributed by atoms with Gasteiger partial charge in [-0.1, -0.05) is 13.8 Å². The van der Waals surface area contributed by atoms with Gasteiger partial charge >= 0.3 is 0 Å². The van der Waals surface area contributed by atoms with Crippen LogP contribution in [0.4, 0.5) is 0 Å². The van der Waals surface area contributed by atoms with Crippen molar-refractivity contribution in [3.05, 3.63) is 0 Å². The molecule has 0 spiro atoms. The van der Waals surface area contributed by atoms with Gasteiger partial charge in [-0.15, -0.1) is 0 Å². The van der Waals surface area contributed by atoms with E-state index in [-0.39, 0.29) is 29.1 Å². The van der Waals surface area contributed by atoms with Gasteiger partial charge in [0.25, 0.3) is 0 Å². The first kappa shape index (κ1) is 8.45. The van der Waals surface area contributed by atoms with Crippen LogP contribution < -0.4 is 5.32 Å². The molecule has 3 rings (SSSR count). The van der Waals surface area contributed by atoms with Gasteiger partial charge in [0.1, 0.15) is 0 Å². The Hall–Kier alpha value is -0.860. The zero-order chi connectivity index (χ0) is 10.1. The average molecular weight is 193 g/mol. The normalized spacial score (nSPS) is 48.1. The van der Waals surface area contributed by atoms with E-state index < -0.39 is 0 Å². The molecule has 1 saturated heterocycles. The van der Waals surface area contributed by atoms with Gasteiger partial charge in [0, 0.05) is 0 Å². The van der Waals surface area contributed by atoms with Crippen LogP contribution in [0.5, 0.6) is 0 Å². The van der Waals surface area contributed by atoms with E-state index in [0.717, 1.165) is 12.8 Å². The van der Waals surface area contributed by atoms with E-state index in [1.54, 1.807) is 0 Å². The number of nitrogens with one attached hydrogen (secondary N) is 1. The highest BCUT2D eigenvalue weighted by atomic mass is 16.2. The molecule has 1 heterocycles. The van der Waals surface area contributed by atoms with E-state index >= 15 is 0 Å². The molecule has 0 aromatic heterocycles. The molecule has 1 N–H and O–H groups in total. The molecule has 4 unspecified atom stereocenters. The number of carbonyl (C=O) groups is 2. The summed E-state index contributed by atoms with van der Waals surface area (Å²) in [7, 11) is 0. The second-order valence-corrected chi connectivity index (χ2v) is 5.52. The van der Waals surface area contributed by atoms with Gasteiger partial charge in [-0.3, -0.25) is 14.9 Å². The third kappa shape index (κ3) is 0.711. The molecule has 3 fully saturated rings. The lowest BCUT2D eigenvalue weighted by molar-refractivity contribution is -0.127. The van der Waals surface area contributed by atoms with Crippen molar-refractivity contribution in [2.45, 2.75) is 26.7 Å². The lowest BCUT2D eigenvalue weighted by Gasteiger charge is -2.25. The molecular formula is C11H15NO2. The molecule has 14 heavy (non-hydrogen) atoms. The minimum absolute atomic E-state index is 0.00347. The predicted molar refractivity (Wildman–Crippen MR) is 50.1 cm³/mol. The molecule has 2 bridgehead atoms. The van der Waals surface area contributed by atoms with Gasteiger partial charge < -0.3 is 0 Å². The Kier molecular flexibility index (Phi) is 1.33. The SMILES string of the molecule is CC1(C)C2CCC1C1C(=O)NC(=O)C12. The third-order valence-electron chi connectivity index (χ3n) is 4.81. The summed E-state index contributed by atoms with van der Waals surface area (Å²) >= 11 is 0. The van der Waals surface area contributed by atoms with Crippen molar-refractivity contribution in [1.29, 1.82) is 0 Å². The van der Waals surface area contributed by atoms with Crippen LogP contribution in [0, 0.1) is 29.1 Å². The first-order valence-electron chi connectivity index (χ1n) is 5.38. The van der Waals surface area contributed by atoms with Gasteiger partial charge in [-0.2, -0.15) is 0 Å². The van der Waals surface area contributed by atoms with Crippen LogP contribution in [0.25, 0.3) is 0 Å². The Bertz CT molecular complexity index is 304. The summed E-state index contributed by atoms with van der Waals surface area (Å²) < 4.78 is 0. The molecule has 3 heteroatoms. The average Bonchev–Trinajstić information content (AvgIpc) is 2.63. The molecule has 2 aliphatic carbocycles. The second-order valence-electron chi connectivity index (χ2n) is 5.52. The van der Waals surface area contributed by atoms with Crippen molar-refractivity contribution >= 4 is 11.8 Å². The molecule has 0 aromatic carbocycles. The fourth-order valence-electron chi connectivity index (χ4n) is 4.14. The van der Waals surface area contributed by atoms with Gasteiger partial charge in [0.05, 0.1) is 11.8 Å². The van der Waals surface area contributed by atoms with Crippen LogP contribution >= 0.6 is 0 Å². The Labute approximate surface area is 83.2 Å². The summed E-state index contributed by atoms with van der Waals surface area (Å²) in [4.78, 5) is 23.2. The first-order valence-corrected chi connectivity index (χ1v) is 5.38. The summed E-state index contributed by atoms with van der Waals surface area (Å²) in [5.41, 5.74) is 0.197. The molecule has 2 amide bonds. The van der Waals surface area contributed by atoms with E-state index in [4.69, 9.17) is 0 Å². The Balaban J connectivity index is 2.08. The third-order valence-corrected chi connectivity index (χ3v) is 4.81. The molecular weight excluding hydrogens is 178 g/mol. The summed E-state index contributed by atoms with van der Waals surface area (Å²) in [5.74, 6) is 0.834. The largest absolute Gasteiger partial charge is 0.296 e. The molecule has 76 valence electrons. The quantitative estimate of drug-likeness (QED) is 0.582. The van der Waals surface area contributed by atoms with Gasteiger partial charge in [-0.25, -0.2) is 0 Å². The number of amides is 2. The van der Waals surface area contributed by atoms with E-state index in [9.17, 15) is 9.59 Å². The van der Waals surface area contributed by atoms with Gasteiger partial charge in [0.15, 0.2) is 0 Å². The predicted octanol–water partition coefficient (Wildman–Crippen LogP) is 0.941. The summed E-state index contributed by atoms with van der Waals surface area (Å²) in [6.07, 6.45) is 2.25. The fourth-order valence-corrected chi connectivity index (χ4v) is 4.14. The number of hydrogen-bond donors (Lipinski definition) is 1. The van der Waals surface area contributed by atoms with Crippen LogP contribution in [-0.2, 0) is 9.59 Å². The smallest absolute Gasteiger partial charge is 0.230 e. The molecule has 0 aromatic rings. The van der Waals surface area contributed by atoms with Crippen molar-refractivity contribution in [1.82, 2.24) is 5.32 Å². The Morgan fingerprint density at radius 1 is 1.07 bits per heavy atom. The van der Waals surface area contributed by atoms with Crippen LogP contribution in [0.15, 0.2) is 0 Å². The van der Waals surface area contributed by atoms with Crippen molar-refractivity contribution in [3.63, 3.8) is 0 Å². The van der Waals surface area contributed by atoms with Gasteiger partial charge in [-0.05, 0) is 30.1 Å². The molecule has 0 radical (unpaired) electrons. The van der Waals surface area contributed by atoms with Crippen molar-refractivity contribution < 1.29 is 9.59 Å². The van der Waals surface area contributed by atoms with Crippen LogP contribution in [0.1, 0.15) is 26.7 Å². The maximum absolute atomic E-state index is 11.6. The van der Waals surface area contributed by atoms with Crippen molar-refractivity contribution in [3.8, 4) is 0 Å². The zero-order valence-electron chi connectivity index (χ0n) is 8.54. The number of fused-ring (bicyclic) bond motifs is 5. The first-order chi connectivity index (χ1) is 6.53. The van der Waals surface area contributed by atoms with Crippen molar-refractivity contribution in [2.24, 2.45) is 29.1 Å². The zero-order valence-corrected chi connectivity index (χ0v) is 8.54. The minimum Gasteiger partial charge on any atom is -0.296 e. The van der Waals surface area contributed by atoms with Crippen LogP contribution in [-0.4, -0.2) is 11.8 Å². The summed E-state index contributed by atoms with van der Waals surface area (Å²) in [6.45, 7) is 4.43. The maximum atomic E-state index is 11.6. The topological polar surface area (TPSA) is 46.2 Å². The number of carbonyl (C=O) groups excluding carboxylic acids is 2. The van der Waals surface area contributed by atoms with E-state index in [1.165, 1.54) is 0 Å². The Morgan fingerprint density at radius 2 is 1.50 bits per heavy atom. The monoisotopic (exact) mass is 193 g/mol. The fraction of sp³-hybridized carbons (Fsp3) is 0.818. The second kappa shape index (κ2) is 2.20. The molecule has 3 aliphatic rings. The van der Waals surface area contributed by atoms with Crippen LogP contribution in [0.3, 0.4) is 0 Å². The van der Waals surface area contributed by atoms with Crippen molar-refractivity contribution in [2.75, 3.05) is 0 Å². The van der Waals surface area contributed by atoms with Crippen LogP contribution in [0.2, 0.25) is 0 Å². The maximum Gasteiger partial charge on any atom is 0.230 e. The Morgan fingerprint density at radius 3 is 1.93 bits per heavy atom. The number of rotatable bonds is 0. The molecule has 1 aliphatic heterocycles. The minimum atomic E-state index is -0.0136. The highest BCUT2D eigenvalue weighted by Gasteiger charge is 2.65. The lowest BCUT2D eigenvalue weighted by Crippen LogP contribution is -2.31. The molecule has 4 atom stereocenters. The highest BCUT2D eigenvalue weighted by molar-refractivity contribution is 6.06. The standard InChI is InChI=1S/C11H15NO2/c1-11(2)5-3-4-6(11)8-7(5)9(13)12-10(8)14/h5-8H,3-4H2,1-2H3,(H,12,13,14). The lowest BCUT2D eigenvalue weighted by atomic mass is 9.80. The molecule has 3 nitrogen and oxygen atoms in total. The van der Waals surface area contributed by atoms with E-state index in [1.807, 2.05) is 0 Å². The van der Waals surface area contributed by atoms with Gasteiger partial charge in [0.2, 0.25) is 11.8 Å². The molecule has 2 saturated carbocycles. The summed E-state index contributed by atoms with van der Waals surface area (Å²) in [5, 5.41) is 2.48. The van der Waals surface area contributed by atoms with E-state index in [2.05, 4.69) is 19.2 Å². The highest BCUT2D eigenvalue weighted by Crippen LogP contribution is 2.64. The van der Waals surface area contributed by atoms with E-state index in [0.29, 0.717) is 11.8 Å².